The van der Waals surface area contributed by atoms with Crippen molar-refractivity contribution in [1.82, 2.24) is 15.5 Å². The molecule has 34 heavy (non-hydrogen) atoms. The largest absolute Gasteiger partial charge is 0.480 e. The molecule has 0 radical (unpaired) electrons. The Kier molecular flexibility index (Phi) is 8.28. The number of benzene rings is 2. The van der Waals surface area contributed by atoms with Crippen molar-refractivity contribution in [2.75, 3.05) is 27.2 Å². The number of amides is 2. The predicted molar refractivity (Wildman–Crippen MR) is 130 cm³/mol. The summed E-state index contributed by atoms with van der Waals surface area (Å²) in [5, 5.41) is 14.6. The third-order valence-corrected chi connectivity index (χ3v) is 5.82. The van der Waals surface area contributed by atoms with Crippen LogP contribution in [0.4, 0.5) is 4.79 Å². The maximum atomic E-state index is 12.8. The second-order valence-electron chi connectivity index (χ2n) is 9.31. The van der Waals surface area contributed by atoms with E-state index in [2.05, 4.69) is 22.8 Å². The fraction of sp³-hybridized carbons (Fsp3) is 0.423. The summed E-state index contributed by atoms with van der Waals surface area (Å²) in [6.45, 7) is 4.09. The molecule has 1 aliphatic rings. The molecule has 0 aliphatic heterocycles. The van der Waals surface area contributed by atoms with Crippen LogP contribution >= 0.6 is 0 Å². The fourth-order valence-corrected chi connectivity index (χ4v) is 4.31. The second-order valence-corrected chi connectivity index (χ2v) is 9.31. The number of rotatable bonds is 10. The molecular formula is C26H33N3O5. The lowest BCUT2D eigenvalue weighted by atomic mass is 9.98. The van der Waals surface area contributed by atoms with Crippen LogP contribution in [0.25, 0.3) is 11.1 Å². The van der Waals surface area contributed by atoms with Gasteiger partial charge < -0.3 is 25.4 Å². The number of fused-ring (bicyclic) bond motifs is 3. The maximum Gasteiger partial charge on any atom is 0.407 e. The van der Waals surface area contributed by atoms with Crippen molar-refractivity contribution in [2.45, 2.75) is 38.3 Å². The molecule has 2 amide bonds. The summed E-state index contributed by atoms with van der Waals surface area (Å²) in [5.41, 5.74) is 4.44. The first kappa shape index (κ1) is 25.2. The van der Waals surface area contributed by atoms with Gasteiger partial charge in [0.05, 0.1) is 0 Å². The summed E-state index contributed by atoms with van der Waals surface area (Å²) in [5.74, 6) is -1.67. The highest BCUT2D eigenvalue weighted by molar-refractivity contribution is 5.89. The summed E-state index contributed by atoms with van der Waals surface area (Å²) in [4.78, 5) is 38.8. The van der Waals surface area contributed by atoms with E-state index in [0.717, 1.165) is 22.3 Å². The standard InChI is InChI=1S/C26H33N3O5/c1-16(2)13-22(25(31)32)27-24(30)23(14-29(3)4)28-26(33)34-15-21-19-11-7-5-9-17(19)18-10-6-8-12-20(18)21/h5-12,16,21-23H,13-15H2,1-4H3,(H,27,30)(H,28,33)(H,31,32)/t22-,23?/m1/s1. The van der Waals surface area contributed by atoms with Crippen LogP contribution in [-0.4, -0.2) is 67.3 Å². The molecule has 2 aromatic carbocycles. The van der Waals surface area contributed by atoms with Crippen LogP contribution in [0.2, 0.25) is 0 Å². The van der Waals surface area contributed by atoms with E-state index >= 15 is 0 Å². The number of nitrogens with zero attached hydrogens (tertiary/aromatic N) is 1. The molecule has 1 unspecified atom stereocenters. The molecule has 2 aromatic rings. The Hall–Kier alpha value is -3.39. The molecule has 182 valence electrons. The zero-order valence-electron chi connectivity index (χ0n) is 20.1. The minimum Gasteiger partial charge on any atom is -0.480 e. The van der Waals surface area contributed by atoms with Gasteiger partial charge >= 0.3 is 12.1 Å². The molecule has 0 heterocycles. The summed E-state index contributed by atoms with van der Waals surface area (Å²) in [6, 6.07) is 14.1. The number of aliphatic carboxylic acids is 1. The van der Waals surface area contributed by atoms with Crippen molar-refractivity contribution in [3.8, 4) is 11.1 Å². The van der Waals surface area contributed by atoms with E-state index in [-0.39, 0.29) is 25.0 Å². The van der Waals surface area contributed by atoms with Crippen LogP contribution in [0.5, 0.6) is 0 Å². The van der Waals surface area contributed by atoms with Gasteiger partial charge in [0.2, 0.25) is 5.91 Å². The van der Waals surface area contributed by atoms with E-state index < -0.39 is 30.1 Å². The summed E-state index contributed by atoms with van der Waals surface area (Å²) in [7, 11) is 3.53. The molecular weight excluding hydrogens is 434 g/mol. The minimum atomic E-state index is -1.10. The third-order valence-electron chi connectivity index (χ3n) is 5.82. The van der Waals surface area contributed by atoms with Gasteiger partial charge in [0.1, 0.15) is 18.7 Å². The maximum absolute atomic E-state index is 12.8. The van der Waals surface area contributed by atoms with E-state index in [1.165, 1.54) is 0 Å². The first-order chi connectivity index (χ1) is 16.2. The Bertz CT molecular complexity index is 991. The average molecular weight is 468 g/mol. The molecule has 3 N–H and O–H groups in total. The van der Waals surface area contributed by atoms with Crippen molar-refractivity contribution in [2.24, 2.45) is 5.92 Å². The number of likely N-dealkylation sites (N-methyl/N-ethyl adjacent to an activating group) is 1. The van der Waals surface area contributed by atoms with Crippen LogP contribution in [0.15, 0.2) is 48.5 Å². The molecule has 0 bridgehead atoms. The van der Waals surface area contributed by atoms with Crippen LogP contribution in [-0.2, 0) is 14.3 Å². The Labute approximate surface area is 200 Å². The Balaban J connectivity index is 1.66. The second kappa shape index (κ2) is 11.2. The van der Waals surface area contributed by atoms with Crippen molar-refractivity contribution >= 4 is 18.0 Å². The number of carboxylic acids is 1. The molecule has 0 spiro atoms. The van der Waals surface area contributed by atoms with Crippen molar-refractivity contribution in [3.05, 3.63) is 59.7 Å². The van der Waals surface area contributed by atoms with Crippen molar-refractivity contribution in [3.63, 3.8) is 0 Å². The Morgan fingerprint density at radius 1 is 0.941 bits per heavy atom. The number of carboxylic acid groups (broad SMARTS) is 1. The van der Waals surface area contributed by atoms with Gasteiger partial charge in [-0.05, 0) is 48.7 Å². The highest BCUT2D eigenvalue weighted by Gasteiger charge is 2.31. The quantitative estimate of drug-likeness (QED) is 0.496. The van der Waals surface area contributed by atoms with Crippen molar-refractivity contribution in [1.29, 1.82) is 0 Å². The lowest BCUT2D eigenvalue weighted by molar-refractivity contribution is -0.142. The highest BCUT2D eigenvalue weighted by Crippen LogP contribution is 2.44. The van der Waals surface area contributed by atoms with Gasteiger partial charge in [0.25, 0.3) is 0 Å². The lowest BCUT2D eigenvalue weighted by Crippen LogP contribution is -2.55. The van der Waals surface area contributed by atoms with Crippen molar-refractivity contribution < 1.29 is 24.2 Å². The molecule has 8 heteroatoms. The van der Waals surface area contributed by atoms with Gasteiger partial charge in [-0.2, -0.15) is 0 Å². The van der Waals surface area contributed by atoms with Gasteiger partial charge in [-0.25, -0.2) is 9.59 Å². The lowest BCUT2D eigenvalue weighted by Gasteiger charge is -2.24. The van der Waals surface area contributed by atoms with Crippen LogP contribution in [0, 0.1) is 5.92 Å². The SMILES string of the molecule is CC(C)C[C@@H](NC(=O)C(CN(C)C)NC(=O)OCC1c2ccccc2-c2ccccc21)C(=O)O. The number of ether oxygens (including phenoxy) is 1. The monoisotopic (exact) mass is 467 g/mol. The summed E-state index contributed by atoms with van der Waals surface area (Å²) < 4.78 is 5.55. The topological polar surface area (TPSA) is 108 Å². The molecule has 0 saturated heterocycles. The van der Waals surface area contributed by atoms with Gasteiger partial charge in [0.15, 0.2) is 0 Å². The fourth-order valence-electron chi connectivity index (χ4n) is 4.31. The third kappa shape index (κ3) is 6.14. The average Bonchev–Trinajstić information content (AvgIpc) is 3.10. The van der Waals surface area contributed by atoms with E-state index in [0.29, 0.717) is 6.42 Å². The molecule has 8 nitrogen and oxygen atoms in total. The number of nitrogens with one attached hydrogen (secondary N) is 2. The first-order valence-electron chi connectivity index (χ1n) is 11.5. The zero-order chi connectivity index (χ0) is 24.8. The van der Waals surface area contributed by atoms with E-state index in [1.54, 1.807) is 19.0 Å². The summed E-state index contributed by atoms with van der Waals surface area (Å²) in [6.07, 6.45) is -0.430. The molecule has 2 atom stereocenters. The number of alkyl carbamates (subject to hydrolysis) is 1. The van der Waals surface area contributed by atoms with Gasteiger partial charge in [-0.3, -0.25) is 4.79 Å². The van der Waals surface area contributed by atoms with Gasteiger partial charge in [0, 0.05) is 12.5 Å². The van der Waals surface area contributed by atoms with Gasteiger partial charge in [-0.15, -0.1) is 0 Å². The van der Waals surface area contributed by atoms with Crippen LogP contribution < -0.4 is 10.6 Å². The number of carbonyl (C=O) groups is 3. The Morgan fingerprint density at radius 3 is 2.00 bits per heavy atom. The highest BCUT2D eigenvalue weighted by atomic mass is 16.5. The Morgan fingerprint density at radius 2 is 1.50 bits per heavy atom. The number of carbonyl (C=O) groups excluding carboxylic acids is 2. The molecule has 3 rings (SSSR count). The number of hydrogen-bond acceptors (Lipinski definition) is 5. The molecule has 0 fully saturated rings. The zero-order valence-corrected chi connectivity index (χ0v) is 20.1. The van der Waals surface area contributed by atoms with E-state index in [9.17, 15) is 19.5 Å². The van der Waals surface area contributed by atoms with Crippen LogP contribution in [0.1, 0.15) is 37.3 Å². The minimum absolute atomic E-state index is 0.0868. The predicted octanol–water partition coefficient (Wildman–Crippen LogP) is 3.07. The molecule has 1 aliphatic carbocycles. The van der Waals surface area contributed by atoms with Crippen LogP contribution in [0.3, 0.4) is 0 Å². The van der Waals surface area contributed by atoms with E-state index in [4.69, 9.17) is 4.74 Å². The molecule has 0 saturated carbocycles. The smallest absolute Gasteiger partial charge is 0.407 e. The first-order valence-corrected chi connectivity index (χ1v) is 11.5. The normalized spacial score (nSPS) is 14.3. The number of hydrogen-bond donors (Lipinski definition) is 3. The molecule has 0 aromatic heterocycles. The van der Waals surface area contributed by atoms with E-state index in [1.807, 2.05) is 50.2 Å². The summed E-state index contributed by atoms with van der Waals surface area (Å²) >= 11 is 0. The van der Waals surface area contributed by atoms with Gasteiger partial charge in [-0.1, -0.05) is 62.4 Å².